The van der Waals surface area contributed by atoms with Crippen LogP contribution in [0.5, 0.6) is 0 Å². The molecule has 28 heavy (non-hydrogen) atoms. The van der Waals surface area contributed by atoms with Crippen molar-refractivity contribution in [3.05, 3.63) is 0 Å². The average molecular weight is 403 g/mol. The predicted molar refractivity (Wildman–Crippen MR) is 114 cm³/mol. The zero-order chi connectivity index (χ0) is 21.6. The Kier molecular flexibility index (Phi) is 10.4. The topological polar surface area (TPSA) is 46.2 Å². The van der Waals surface area contributed by atoms with Crippen molar-refractivity contribution in [2.24, 2.45) is 5.92 Å². The van der Waals surface area contributed by atoms with Gasteiger partial charge in [0.1, 0.15) is 12.2 Å². The maximum absolute atomic E-state index is 6.48. The predicted octanol–water partition coefficient (Wildman–Crippen LogP) is 5.00. The molecule has 0 amide bonds. The maximum Gasteiger partial charge on any atom is 0.113 e. The lowest BCUT2D eigenvalue weighted by atomic mass is 9.80. The summed E-state index contributed by atoms with van der Waals surface area (Å²) in [4.78, 5) is 0. The highest BCUT2D eigenvalue weighted by molar-refractivity contribution is 4.98. The fourth-order valence-electron chi connectivity index (χ4n) is 3.73. The van der Waals surface area contributed by atoms with E-state index >= 15 is 0 Å². The smallest absolute Gasteiger partial charge is 0.113 e. The van der Waals surface area contributed by atoms with E-state index in [1.807, 2.05) is 0 Å². The molecule has 0 aromatic carbocycles. The Morgan fingerprint density at radius 1 is 0.679 bits per heavy atom. The van der Waals surface area contributed by atoms with E-state index in [0.29, 0.717) is 6.61 Å². The summed E-state index contributed by atoms with van der Waals surface area (Å²) < 4.78 is 31.7. The first-order valence-electron chi connectivity index (χ1n) is 11.1. The van der Waals surface area contributed by atoms with Gasteiger partial charge in [-0.1, -0.05) is 0 Å². The SMILES string of the molecule is CC(C)OCC1CC(OC(C)(C)C)C(OC(C)C)C(OC(C)C)C1OC(C)C. The summed E-state index contributed by atoms with van der Waals surface area (Å²) in [7, 11) is 0. The molecule has 0 saturated heterocycles. The third-order valence-electron chi connectivity index (χ3n) is 4.45. The molecule has 0 N–H and O–H groups in total. The summed E-state index contributed by atoms with van der Waals surface area (Å²) in [6.07, 6.45) is 0.715. The third-order valence-corrected chi connectivity index (χ3v) is 4.45. The van der Waals surface area contributed by atoms with Crippen molar-refractivity contribution >= 4 is 0 Å². The van der Waals surface area contributed by atoms with Gasteiger partial charge in [0, 0.05) is 5.92 Å². The first-order valence-corrected chi connectivity index (χ1v) is 11.1. The zero-order valence-corrected chi connectivity index (χ0v) is 20.2. The number of hydrogen-bond acceptors (Lipinski definition) is 5. The maximum atomic E-state index is 6.48. The second-order valence-electron chi connectivity index (χ2n) is 10.1. The minimum absolute atomic E-state index is 0.0704. The summed E-state index contributed by atoms with van der Waals surface area (Å²) in [6.45, 7) is 23.4. The highest BCUT2D eigenvalue weighted by Crippen LogP contribution is 2.37. The van der Waals surface area contributed by atoms with E-state index in [1.54, 1.807) is 0 Å². The van der Waals surface area contributed by atoms with E-state index in [4.69, 9.17) is 23.7 Å². The molecule has 1 saturated carbocycles. The van der Waals surface area contributed by atoms with Crippen LogP contribution < -0.4 is 0 Å². The molecule has 1 aliphatic carbocycles. The van der Waals surface area contributed by atoms with Crippen molar-refractivity contribution in [1.82, 2.24) is 0 Å². The Bertz CT molecular complexity index is 427. The minimum Gasteiger partial charge on any atom is -0.378 e. The lowest BCUT2D eigenvalue weighted by Gasteiger charge is -2.49. The highest BCUT2D eigenvalue weighted by atomic mass is 16.6. The van der Waals surface area contributed by atoms with Gasteiger partial charge in [-0.3, -0.25) is 0 Å². The number of rotatable bonds is 10. The van der Waals surface area contributed by atoms with Gasteiger partial charge >= 0.3 is 0 Å². The molecule has 0 bridgehead atoms. The van der Waals surface area contributed by atoms with Crippen LogP contribution in [-0.2, 0) is 23.7 Å². The quantitative estimate of drug-likeness (QED) is 0.515. The molecule has 0 spiro atoms. The Balaban J connectivity index is 3.25. The molecule has 0 radical (unpaired) electrons. The standard InChI is InChI=1S/C23H46O5/c1-14(2)24-13-18-12-19(28-23(9,10)11)21(26-16(5)6)22(27-17(7)8)20(18)25-15(3)4/h14-22H,12-13H2,1-11H3. The highest BCUT2D eigenvalue weighted by Gasteiger charge is 2.49. The number of ether oxygens (including phenoxy) is 5. The van der Waals surface area contributed by atoms with Crippen molar-refractivity contribution in [2.45, 2.75) is 137 Å². The molecule has 0 aromatic heterocycles. The van der Waals surface area contributed by atoms with Gasteiger partial charge in [-0.2, -0.15) is 0 Å². The summed E-state index contributed by atoms with van der Waals surface area (Å²) in [5, 5.41) is 0. The van der Waals surface area contributed by atoms with Crippen LogP contribution >= 0.6 is 0 Å². The monoisotopic (exact) mass is 402 g/mol. The summed E-state index contributed by atoms with van der Waals surface area (Å²) in [6, 6.07) is 0. The van der Waals surface area contributed by atoms with Crippen molar-refractivity contribution in [3.8, 4) is 0 Å². The molecule has 0 aliphatic heterocycles. The normalized spacial score (nSPS) is 29.5. The second-order valence-corrected chi connectivity index (χ2v) is 10.1. The van der Waals surface area contributed by atoms with Gasteiger partial charge in [-0.25, -0.2) is 0 Å². The largest absolute Gasteiger partial charge is 0.378 e. The number of hydrogen-bond donors (Lipinski definition) is 0. The fourth-order valence-corrected chi connectivity index (χ4v) is 3.73. The summed E-state index contributed by atoms with van der Waals surface area (Å²) in [5.41, 5.74) is -0.263. The molecule has 5 heteroatoms. The van der Waals surface area contributed by atoms with Gasteiger partial charge in [0.15, 0.2) is 0 Å². The molecule has 1 fully saturated rings. The first kappa shape index (κ1) is 25.8. The van der Waals surface area contributed by atoms with E-state index in [1.165, 1.54) is 0 Å². The van der Waals surface area contributed by atoms with Crippen LogP contribution in [0.3, 0.4) is 0 Å². The molecule has 168 valence electrons. The van der Waals surface area contributed by atoms with Crippen molar-refractivity contribution in [3.63, 3.8) is 0 Å². The van der Waals surface area contributed by atoms with Crippen LogP contribution in [0.4, 0.5) is 0 Å². The molecule has 1 aliphatic rings. The van der Waals surface area contributed by atoms with E-state index in [2.05, 4.69) is 76.2 Å². The molecular formula is C23H46O5. The molecule has 5 nitrogen and oxygen atoms in total. The van der Waals surface area contributed by atoms with E-state index in [0.717, 1.165) is 6.42 Å². The molecule has 0 heterocycles. The van der Waals surface area contributed by atoms with E-state index in [-0.39, 0.29) is 60.4 Å². The van der Waals surface area contributed by atoms with Gasteiger partial charge in [0.05, 0.1) is 48.8 Å². The van der Waals surface area contributed by atoms with Gasteiger partial charge < -0.3 is 23.7 Å². The Hall–Kier alpha value is -0.200. The zero-order valence-electron chi connectivity index (χ0n) is 20.2. The minimum atomic E-state index is -0.263. The van der Waals surface area contributed by atoms with E-state index < -0.39 is 0 Å². The van der Waals surface area contributed by atoms with E-state index in [9.17, 15) is 0 Å². The van der Waals surface area contributed by atoms with Gasteiger partial charge in [0.2, 0.25) is 0 Å². The Morgan fingerprint density at radius 2 is 1.14 bits per heavy atom. The average Bonchev–Trinajstić information content (AvgIpc) is 2.48. The Labute approximate surface area is 173 Å². The Morgan fingerprint density at radius 3 is 1.57 bits per heavy atom. The van der Waals surface area contributed by atoms with Crippen molar-refractivity contribution < 1.29 is 23.7 Å². The van der Waals surface area contributed by atoms with Crippen LogP contribution in [0.2, 0.25) is 0 Å². The van der Waals surface area contributed by atoms with Crippen molar-refractivity contribution in [2.75, 3.05) is 6.61 Å². The summed E-state index contributed by atoms with van der Waals surface area (Å²) >= 11 is 0. The van der Waals surface area contributed by atoms with Crippen LogP contribution in [0, 0.1) is 5.92 Å². The van der Waals surface area contributed by atoms with Gasteiger partial charge in [-0.05, 0) is 82.6 Å². The molecule has 1 rings (SSSR count). The fraction of sp³-hybridized carbons (Fsp3) is 1.00. The lowest BCUT2D eigenvalue weighted by Crippen LogP contribution is -2.60. The van der Waals surface area contributed by atoms with Crippen LogP contribution in [0.25, 0.3) is 0 Å². The van der Waals surface area contributed by atoms with Crippen LogP contribution in [0.1, 0.15) is 82.6 Å². The van der Waals surface area contributed by atoms with Gasteiger partial charge in [0.25, 0.3) is 0 Å². The molecular weight excluding hydrogens is 356 g/mol. The van der Waals surface area contributed by atoms with Crippen LogP contribution in [0.15, 0.2) is 0 Å². The molecule has 5 atom stereocenters. The second kappa shape index (κ2) is 11.3. The van der Waals surface area contributed by atoms with Gasteiger partial charge in [-0.15, -0.1) is 0 Å². The van der Waals surface area contributed by atoms with Crippen LogP contribution in [-0.4, -0.2) is 61.0 Å². The lowest BCUT2D eigenvalue weighted by molar-refractivity contribution is -0.258. The molecule has 0 aromatic rings. The summed E-state index contributed by atoms with van der Waals surface area (Å²) in [5.74, 6) is 0.188. The third kappa shape index (κ3) is 9.08. The van der Waals surface area contributed by atoms with Crippen molar-refractivity contribution in [1.29, 1.82) is 0 Å². The molecule has 5 unspecified atom stereocenters. The first-order chi connectivity index (χ1) is 12.8.